The molecule has 0 spiro atoms. The third kappa shape index (κ3) is 5.32. The molecule has 3 heteroatoms. The highest BCUT2D eigenvalue weighted by atomic mass is 35.5. The molecule has 104 valence electrons. The average Bonchev–Trinajstić information content (AvgIpc) is 2.46. The van der Waals surface area contributed by atoms with Crippen LogP contribution in [0.5, 0.6) is 5.75 Å². The second kappa shape index (κ2) is 8.03. The van der Waals surface area contributed by atoms with E-state index in [9.17, 15) is 0 Å². The minimum atomic E-state index is 0.601. The molecule has 0 aliphatic carbocycles. The Hall–Kier alpha value is -1.38. The van der Waals surface area contributed by atoms with Crippen molar-refractivity contribution in [1.82, 2.24) is 0 Å². The zero-order valence-electron chi connectivity index (χ0n) is 11.4. The van der Waals surface area contributed by atoms with E-state index in [-0.39, 0.29) is 0 Å². The van der Waals surface area contributed by atoms with Crippen LogP contribution in [0.15, 0.2) is 65.6 Å². The van der Waals surface area contributed by atoms with Crippen molar-refractivity contribution in [2.24, 2.45) is 0 Å². The van der Waals surface area contributed by atoms with Crippen molar-refractivity contribution < 1.29 is 4.74 Å². The number of ether oxygens (including phenoxy) is 1. The van der Waals surface area contributed by atoms with Gasteiger partial charge in [0.1, 0.15) is 12.4 Å². The molecular weight excluding hydrogens is 288 g/mol. The first kappa shape index (κ1) is 15.0. The predicted molar refractivity (Wildman–Crippen MR) is 88.0 cm³/mol. The van der Waals surface area contributed by atoms with Gasteiger partial charge in [-0.25, -0.2) is 0 Å². The molecule has 1 nitrogen and oxygen atoms in total. The first-order valence-corrected chi connectivity index (χ1v) is 7.83. The third-order valence-electron chi connectivity index (χ3n) is 2.69. The summed E-state index contributed by atoms with van der Waals surface area (Å²) in [4.78, 5) is 1.22. The molecule has 0 fully saturated rings. The SMILES string of the molecule is Cc1ccc(OCC=CCSc2ccc(Cl)cc2)cc1. The molecule has 2 aromatic carbocycles. The highest BCUT2D eigenvalue weighted by Crippen LogP contribution is 2.20. The van der Waals surface area contributed by atoms with Crippen LogP contribution in [0, 0.1) is 6.92 Å². The summed E-state index contributed by atoms with van der Waals surface area (Å²) < 4.78 is 5.62. The van der Waals surface area contributed by atoms with Gasteiger partial charge >= 0.3 is 0 Å². The lowest BCUT2D eigenvalue weighted by molar-refractivity contribution is 0.362. The highest BCUT2D eigenvalue weighted by molar-refractivity contribution is 7.99. The molecule has 0 atom stereocenters. The monoisotopic (exact) mass is 304 g/mol. The molecule has 0 aromatic heterocycles. The quantitative estimate of drug-likeness (QED) is 0.524. The van der Waals surface area contributed by atoms with Crippen LogP contribution in [0.4, 0.5) is 0 Å². The van der Waals surface area contributed by atoms with Gasteiger partial charge in [-0.1, -0.05) is 41.4 Å². The number of hydrogen-bond acceptors (Lipinski definition) is 2. The van der Waals surface area contributed by atoms with E-state index in [4.69, 9.17) is 16.3 Å². The van der Waals surface area contributed by atoms with Crippen LogP contribution in [0.3, 0.4) is 0 Å². The number of rotatable bonds is 6. The Morgan fingerprint density at radius 1 is 1.00 bits per heavy atom. The first-order valence-electron chi connectivity index (χ1n) is 6.47. The standard InChI is InChI=1S/C17H17ClOS/c1-14-4-8-16(9-5-14)19-12-2-3-13-20-17-10-6-15(18)7-11-17/h2-11H,12-13H2,1H3. The Kier molecular flexibility index (Phi) is 6.03. The van der Waals surface area contributed by atoms with Crippen LogP contribution >= 0.6 is 23.4 Å². The van der Waals surface area contributed by atoms with Gasteiger partial charge in [0.25, 0.3) is 0 Å². The van der Waals surface area contributed by atoms with Crippen molar-refractivity contribution in [2.45, 2.75) is 11.8 Å². The van der Waals surface area contributed by atoms with Crippen LogP contribution in [0.25, 0.3) is 0 Å². The number of benzene rings is 2. The van der Waals surface area contributed by atoms with E-state index < -0.39 is 0 Å². The lowest BCUT2D eigenvalue weighted by atomic mass is 10.2. The lowest BCUT2D eigenvalue weighted by Crippen LogP contribution is -1.93. The maximum Gasteiger partial charge on any atom is 0.119 e. The van der Waals surface area contributed by atoms with Crippen molar-refractivity contribution in [1.29, 1.82) is 0 Å². The highest BCUT2D eigenvalue weighted by Gasteiger charge is 1.92. The lowest BCUT2D eigenvalue weighted by Gasteiger charge is -2.03. The molecule has 0 radical (unpaired) electrons. The van der Waals surface area contributed by atoms with E-state index in [1.54, 1.807) is 11.8 Å². The summed E-state index contributed by atoms with van der Waals surface area (Å²) in [7, 11) is 0. The minimum absolute atomic E-state index is 0.601. The van der Waals surface area contributed by atoms with Gasteiger partial charge in [-0.2, -0.15) is 0 Å². The van der Waals surface area contributed by atoms with E-state index in [0.29, 0.717) is 6.61 Å². The molecule has 0 bridgehead atoms. The van der Waals surface area contributed by atoms with E-state index >= 15 is 0 Å². The van der Waals surface area contributed by atoms with Gasteiger partial charge in [-0.3, -0.25) is 0 Å². The summed E-state index contributed by atoms with van der Waals surface area (Å²) in [6.07, 6.45) is 4.16. The molecule has 0 unspecified atom stereocenters. The molecule has 2 rings (SSSR count). The summed E-state index contributed by atoms with van der Waals surface area (Å²) in [5, 5.41) is 0.774. The van der Waals surface area contributed by atoms with Crippen molar-refractivity contribution >= 4 is 23.4 Å². The smallest absolute Gasteiger partial charge is 0.119 e. The maximum atomic E-state index is 5.84. The Labute approximate surface area is 129 Å². The fraction of sp³-hybridized carbons (Fsp3) is 0.176. The molecule has 0 aliphatic heterocycles. The Morgan fingerprint density at radius 3 is 2.40 bits per heavy atom. The molecule has 0 heterocycles. The molecule has 0 aliphatic rings. The number of hydrogen-bond donors (Lipinski definition) is 0. The molecule has 0 amide bonds. The topological polar surface area (TPSA) is 9.23 Å². The molecule has 0 N–H and O–H groups in total. The van der Waals surface area contributed by atoms with Gasteiger partial charge in [0.2, 0.25) is 0 Å². The maximum absolute atomic E-state index is 5.84. The van der Waals surface area contributed by atoms with Crippen LogP contribution < -0.4 is 4.74 Å². The number of halogens is 1. The zero-order chi connectivity index (χ0) is 14.2. The molecule has 0 saturated carbocycles. The van der Waals surface area contributed by atoms with Gasteiger partial charge in [-0.05, 0) is 43.3 Å². The molecular formula is C17H17ClOS. The van der Waals surface area contributed by atoms with E-state index in [2.05, 4.69) is 25.1 Å². The van der Waals surface area contributed by atoms with Crippen molar-refractivity contribution in [3.05, 3.63) is 71.3 Å². The Balaban J connectivity index is 1.67. The second-order valence-corrected chi connectivity index (χ2v) is 5.89. The number of aryl methyl sites for hydroxylation is 1. The summed E-state index contributed by atoms with van der Waals surface area (Å²) >= 11 is 7.62. The van der Waals surface area contributed by atoms with Crippen molar-refractivity contribution in [3.8, 4) is 5.75 Å². The summed E-state index contributed by atoms with van der Waals surface area (Å²) in [6.45, 7) is 2.67. The van der Waals surface area contributed by atoms with Crippen LogP contribution in [0.1, 0.15) is 5.56 Å². The van der Waals surface area contributed by atoms with Crippen LogP contribution in [0.2, 0.25) is 5.02 Å². The summed E-state index contributed by atoms with van der Waals surface area (Å²) in [6, 6.07) is 16.0. The van der Waals surface area contributed by atoms with Gasteiger partial charge in [0.15, 0.2) is 0 Å². The number of thioether (sulfide) groups is 1. The fourth-order valence-electron chi connectivity index (χ4n) is 1.59. The van der Waals surface area contributed by atoms with E-state index in [1.165, 1.54) is 10.5 Å². The van der Waals surface area contributed by atoms with Crippen LogP contribution in [-0.2, 0) is 0 Å². The first-order chi connectivity index (χ1) is 9.74. The van der Waals surface area contributed by atoms with Gasteiger partial charge < -0.3 is 4.74 Å². The zero-order valence-corrected chi connectivity index (χ0v) is 13.0. The summed E-state index contributed by atoms with van der Waals surface area (Å²) in [5.41, 5.74) is 1.24. The van der Waals surface area contributed by atoms with Gasteiger partial charge in [0, 0.05) is 15.7 Å². The third-order valence-corrected chi connectivity index (χ3v) is 3.91. The Morgan fingerprint density at radius 2 is 1.70 bits per heavy atom. The van der Waals surface area contributed by atoms with Gasteiger partial charge in [-0.15, -0.1) is 11.8 Å². The van der Waals surface area contributed by atoms with Crippen LogP contribution in [-0.4, -0.2) is 12.4 Å². The second-order valence-electron chi connectivity index (χ2n) is 4.36. The van der Waals surface area contributed by atoms with E-state index in [1.807, 2.05) is 42.5 Å². The Bertz CT molecular complexity index is 495. The van der Waals surface area contributed by atoms with E-state index in [0.717, 1.165) is 16.5 Å². The molecule has 0 saturated heterocycles. The molecule has 20 heavy (non-hydrogen) atoms. The van der Waals surface area contributed by atoms with Gasteiger partial charge in [0.05, 0.1) is 0 Å². The van der Waals surface area contributed by atoms with Crippen molar-refractivity contribution in [3.63, 3.8) is 0 Å². The average molecular weight is 305 g/mol. The predicted octanol–water partition coefficient (Wildman–Crippen LogP) is 5.38. The van der Waals surface area contributed by atoms with Crippen molar-refractivity contribution in [2.75, 3.05) is 12.4 Å². The fourth-order valence-corrected chi connectivity index (χ4v) is 2.47. The normalized spacial score (nSPS) is 10.9. The largest absolute Gasteiger partial charge is 0.490 e. The minimum Gasteiger partial charge on any atom is -0.490 e. The summed E-state index contributed by atoms with van der Waals surface area (Å²) in [5.74, 6) is 1.84. The molecule has 2 aromatic rings.